The van der Waals surface area contributed by atoms with Gasteiger partial charge in [0.05, 0.1) is 17.8 Å². The normalized spacial score (nSPS) is 11.0. The Bertz CT molecular complexity index is 764. The quantitative estimate of drug-likeness (QED) is 0.761. The van der Waals surface area contributed by atoms with Crippen molar-refractivity contribution in [3.05, 3.63) is 65.7 Å². The highest BCUT2D eigenvalue weighted by atomic mass is 16.5. The van der Waals surface area contributed by atoms with E-state index in [0.717, 1.165) is 35.6 Å². The van der Waals surface area contributed by atoms with E-state index >= 15 is 0 Å². The van der Waals surface area contributed by atoms with Gasteiger partial charge in [0.25, 0.3) is 0 Å². The predicted octanol–water partition coefficient (Wildman–Crippen LogP) is 2.77. The highest BCUT2D eigenvalue weighted by Gasteiger charge is 2.09. The lowest BCUT2D eigenvalue weighted by atomic mass is 10.2. The van der Waals surface area contributed by atoms with Crippen molar-refractivity contribution in [2.45, 2.75) is 19.8 Å². The van der Waals surface area contributed by atoms with E-state index in [9.17, 15) is 0 Å². The Hall–Kier alpha value is -2.33. The molecule has 4 heteroatoms. The number of hydrogen-bond acceptors (Lipinski definition) is 3. The van der Waals surface area contributed by atoms with Crippen LogP contribution in [0.5, 0.6) is 5.75 Å². The van der Waals surface area contributed by atoms with Gasteiger partial charge in [0.15, 0.2) is 0 Å². The first-order valence-corrected chi connectivity index (χ1v) is 7.62. The fraction of sp³-hybridized carbons (Fsp3) is 0.278. The summed E-state index contributed by atoms with van der Waals surface area (Å²) in [6.07, 6.45) is 3.61. The maximum absolute atomic E-state index is 5.83. The third-order valence-corrected chi connectivity index (χ3v) is 3.66. The van der Waals surface area contributed by atoms with Crippen LogP contribution in [0.15, 0.2) is 48.7 Å². The van der Waals surface area contributed by atoms with Crippen LogP contribution in [-0.4, -0.2) is 22.5 Å². The fourth-order valence-electron chi connectivity index (χ4n) is 2.63. The van der Waals surface area contributed by atoms with Gasteiger partial charge >= 0.3 is 0 Å². The summed E-state index contributed by atoms with van der Waals surface area (Å²) in [6, 6.07) is 14.2. The zero-order valence-electron chi connectivity index (χ0n) is 12.8. The molecule has 0 bridgehead atoms. The molecule has 0 saturated heterocycles. The Kier molecular flexibility index (Phi) is 4.39. The van der Waals surface area contributed by atoms with Crippen molar-refractivity contribution in [1.29, 1.82) is 0 Å². The van der Waals surface area contributed by atoms with Crippen LogP contribution in [-0.2, 0) is 12.8 Å². The monoisotopic (exact) mass is 295 g/mol. The van der Waals surface area contributed by atoms with Crippen molar-refractivity contribution >= 4 is 5.52 Å². The highest BCUT2D eigenvalue weighted by molar-refractivity contribution is 5.53. The molecule has 2 heterocycles. The van der Waals surface area contributed by atoms with Gasteiger partial charge in [-0.25, -0.2) is 4.98 Å². The molecular weight excluding hydrogens is 274 g/mol. The van der Waals surface area contributed by atoms with Crippen LogP contribution < -0.4 is 10.5 Å². The lowest BCUT2D eigenvalue weighted by Crippen LogP contribution is -2.05. The molecule has 0 radical (unpaired) electrons. The topological polar surface area (TPSA) is 52.5 Å². The van der Waals surface area contributed by atoms with E-state index in [1.807, 2.05) is 36.5 Å². The molecule has 2 aromatic heterocycles. The van der Waals surface area contributed by atoms with Crippen molar-refractivity contribution in [3.63, 3.8) is 0 Å². The average molecular weight is 295 g/mol. The zero-order valence-corrected chi connectivity index (χ0v) is 12.8. The summed E-state index contributed by atoms with van der Waals surface area (Å²) >= 11 is 0. The van der Waals surface area contributed by atoms with E-state index in [2.05, 4.69) is 23.5 Å². The molecule has 0 saturated carbocycles. The molecule has 114 valence electrons. The minimum atomic E-state index is 0.611. The molecule has 0 aliphatic heterocycles. The number of aryl methyl sites for hydroxylation is 1. The number of imidazole rings is 1. The third kappa shape index (κ3) is 3.12. The number of nitrogens with two attached hydrogens (primary N) is 1. The molecular formula is C18H21N3O. The van der Waals surface area contributed by atoms with E-state index in [1.54, 1.807) is 0 Å². The lowest BCUT2D eigenvalue weighted by Gasteiger charge is -2.06. The van der Waals surface area contributed by atoms with E-state index < -0.39 is 0 Å². The number of hydrogen-bond donors (Lipinski definition) is 1. The second-order valence-corrected chi connectivity index (χ2v) is 5.38. The number of benzene rings is 1. The van der Waals surface area contributed by atoms with Gasteiger partial charge in [-0.3, -0.25) is 0 Å². The smallest absolute Gasteiger partial charge is 0.119 e. The van der Waals surface area contributed by atoms with Crippen LogP contribution >= 0.6 is 0 Å². The lowest BCUT2D eigenvalue weighted by molar-refractivity contribution is 0.318. The van der Waals surface area contributed by atoms with E-state index in [0.29, 0.717) is 13.2 Å². The van der Waals surface area contributed by atoms with E-state index in [1.165, 1.54) is 5.56 Å². The molecule has 0 aliphatic carbocycles. The summed E-state index contributed by atoms with van der Waals surface area (Å²) < 4.78 is 7.96. The van der Waals surface area contributed by atoms with Crippen LogP contribution in [0.25, 0.3) is 5.52 Å². The number of pyridine rings is 1. The van der Waals surface area contributed by atoms with Gasteiger partial charge in [-0.05, 0) is 43.3 Å². The molecule has 3 rings (SSSR count). The van der Waals surface area contributed by atoms with Crippen molar-refractivity contribution in [3.8, 4) is 5.75 Å². The van der Waals surface area contributed by atoms with Crippen LogP contribution in [0.3, 0.4) is 0 Å². The highest BCUT2D eigenvalue weighted by Crippen LogP contribution is 2.16. The minimum absolute atomic E-state index is 0.611. The Labute approximate surface area is 130 Å². The van der Waals surface area contributed by atoms with Crippen molar-refractivity contribution in [1.82, 2.24) is 9.38 Å². The number of rotatable bonds is 6. The Morgan fingerprint density at radius 2 is 2.05 bits per heavy atom. The van der Waals surface area contributed by atoms with Crippen molar-refractivity contribution in [2.75, 3.05) is 13.2 Å². The first kappa shape index (κ1) is 14.6. The van der Waals surface area contributed by atoms with Gasteiger partial charge < -0.3 is 14.9 Å². The maximum Gasteiger partial charge on any atom is 0.119 e. The Morgan fingerprint density at radius 3 is 2.86 bits per heavy atom. The number of aromatic nitrogens is 2. The van der Waals surface area contributed by atoms with Gasteiger partial charge in [-0.1, -0.05) is 18.2 Å². The molecule has 0 unspecified atom stereocenters. The molecule has 4 nitrogen and oxygen atoms in total. The molecule has 0 atom stereocenters. The SMILES string of the molecule is Cc1cccc(OCCc2nc(CCN)c3ccccn23)c1. The van der Waals surface area contributed by atoms with E-state index in [-0.39, 0.29) is 0 Å². The van der Waals surface area contributed by atoms with Crippen LogP contribution in [0.2, 0.25) is 0 Å². The van der Waals surface area contributed by atoms with Gasteiger partial charge in [-0.2, -0.15) is 0 Å². The molecule has 0 amide bonds. The molecule has 0 spiro atoms. The molecule has 0 aliphatic rings. The first-order chi connectivity index (χ1) is 10.8. The second kappa shape index (κ2) is 6.62. The fourth-order valence-corrected chi connectivity index (χ4v) is 2.63. The first-order valence-electron chi connectivity index (χ1n) is 7.62. The standard InChI is InChI=1S/C18H21N3O/c1-14-5-4-6-15(13-14)22-12-9-18-20-16(8-10-19)17-7-2-3-11-21(17)18/h2-7,11,13H,8-10,12,19H2,1H3. The van der Waals surface area contributed by atoms with Crippen LogP contribution in [0, 0.1) is 6.92 Å². The third-order valence-electron chi connectivity index (χ3n) is 3.66. The summed E-state index contributed by atoms with van der Waals surface area (Å²) in [5.41, 5.74) is 9.08. The van der Waals surface area contributed by atoms with E-state index in [4.69, 9.17) is 15.5 Å². The number of ether oxygens (including phenoxy) is 1. The Morgan fingerprint density at radius 1 is 1.14 bits per heavy atom. The summed E-state index contributed by atoms with van der Waals surface area (Å²) in [4.78, 5) is 4.73. The van der Waals surface area contributed by atoms with Crippen LogP contribution in [0.4, 0.5) is 0 Å². The van der Waals surface area contributed by atoms with Gasteiger partial charge in [0.2, 0.25) is 0 Å². The van der Waals surface area contributed by atoms with Gasteiger partial charge in [-0.15, -0.1) is 0 Å². The summed E-state index contributed by atoms with van der Waals surface area (Å²) in [5.74, 6) is 1.93. The average Bonchev–Trinajstić information content (AvgIpc) is 2.87. The zero-order chi connectivity index (χ0) is 15.4. The van der Waals surface area contributed by atoms with Crippen molar-refractivity contribution in [2.24, 2.45) is 5.73 Å². The van der Waals surface area contributed by atoms with Crippen LogP contribution in [0.1, 0.15) is 17.1 Å². The number of nitrogens with zero attached hydrogens (tertiary/aromatic N) is 2. The minimum Gasteiger partial charge on any atom is -0.493 e. The molecule has 2 N–H and O–H groups in total. The predicted molar refractivity (Wildman–Crippen MR) is 88.3 cm³/mol. The Balaban J connectivity index is 1.73. The largest absolute Gasteiger partial charge is 0.493 e. The maximum atomic E-state index is 5.83. The molecule has 22 heavy (non-hydrogen) atoms. The summed E-state index contributed by atoms with van der Waals surface area (Å²) in [6.45, 7) is 3.29. The number of fused-ring (bicyclic) bond motifs is 1. The molecule has 3 aromatic rings. The van der Waals surface area contributed by atoms with Gasteiger partial charge in [0, 0.05) is 19.0 Å². The van der Waals surface area contributed by atoms with Gasteiger partial charge in [0.1, 0.15) is 11.6 Å². The molecule has 1 aromatic carbocycles. The summed E-state index contributed by atoms with van der Waals surface area (Å²) in [5, 5.41) is 0. The van der Waals surface area contributed by atoms with Crippen molar-refractivity contribution < 1.29 is 4.74 Å². The molecule has 0 fully saturated rings. The second-order valence-electron chi connectivity index (χ2n) is 5.38. The summed E-state index contributed by atoms with van der Waals surface area (Å²) in [7, 11) is 0.